The minimum Gasteiger partial charge on any atom is -0.463 e. The highest BCUT2D eigenvalue weighted by Crippen LogP contribution is 2.35. The van der Waals surface area contributed by atoms with E-state index in [9.17, 15) is 4.79 Å². The summed E-state index contributed by atoms with van der Waals surface area (Å²) in [6.07, 6.45) is 3.53. The van der Waals surface area contributed by atoms with Crippen LogP contribution in [0.25, 0.3) is 0 Å². The molecule has 1 aromatic heterocycles. The van der Waals surface area contributed by atoms with E-state index in [1.165, 1.54) is 0 Å². The van der Waals surface area contributed by atoms with Crippen molar-refractivity contribution in [3.8, 4) is 0 Å². The average molecular weight is 389 g/mol. The molecule has 1 aromatic carbocycles. The first-order chi connectivity index (χ1) is 11.7. The molecule has 2 atom stereocenters. The molecule has 0 saturated carbocycles. The van der Waals surface area contributed by atoms with Crippen LogP contribution in [0.3, 0.4) is 0 Å². The molecule has 4 rings (SSSR count). The zero-order valence-electron chi connectivity index (χ0n) is 13.0. The highest BCUT2D eigenvalue weighted by Gasteiger charge is 2.38. The van der Waals surface area contributed by atoms with Crippen LogP contribution >= 0.6 is 15.9 Å². The van der Waals surface area contributed by atoms with Crippen molar-refractivity contribution in [3.63, 3.8) is 0 Å². The fraction of sp³-hybridized carbons (Fsp3) is 0.333. The van der Waals surface area contributed by atoms with Crippen molar-refractivity contribution in [1.82, 2.24) is 5.01 Å². The van der Waals surface area contributed by atoms with Crippen LogP contribution in [0.5, 0.6) is 0 Å². The highest BCUT2D eigenvalue weighted by molar-refractivity contribution is 9.10. The van der Waals surface area contributed by atoms with Gasteiger partial charge in [0.2, 0.25) is 0 Å². The lowest BCUT2D eigenvalue weighted by Gasteiger charge is -2.24. The van der Waals surface area contributed by atoms with Crippen LogP contribution in [0.2, 0.25) is 0 Å². The van der Waals surface area contributed by atoms with E-state index in [0.29, 0.717) is 18.8 Å². The molecule has 24 heavy (non-hydrogen) atoms. The van der Waals surface area contributed by atoms with Gasteiger partial charge in [-0.3, -0.25) is 4.79 Å². The van der Waals surface area contributed by atoms with Crippen LogP contribution < -0.4 is 0 Å². The summed E-state index contributed by atoms with van der Waals surface area (Å²) in [5.74, 6) is 0.636. The van der Waals surface area contributed by atoms with Gasteiger partial charge >= 0.3 is 0 Å². The van der Waals surface area contributed by atoms with Gasteiger partial charge in [0.05, 0.1) is 12.3 Å². The van der Waals surface area contributed by atoms with E-state index in [4.69, 9.17) is 9.15 Å². The number of nitrogens with zero attached hydrogens (tertiary/aromatic N) is 2. The van der Waals surface area contributed by atoms with Crippen LogP contribution in [0.1, 0.15) is 36.6 Å². The number of hydrogen-bond acceptors (Lipinski definition) is 4. The first kappa shape index (κ1) is 15.6. The summed E-state index contributed by atoms with van der Waals surface area (Å²) in [5, 5.41) is 6.15. The second-order valence-electron chi connectivity index (χ2n) is 5.98. The number of hydrazone groups is 1. The quantitative estimate of drug-likeness (QED) is 0.800. The molecule has 1 fully saturated rings. The van der Waals surface area contributed by atoms with E-state index >= 15 is 0 Å². The number of ether oxygens (including phenoxy) is 1. The summed E-state index contributed by atoms with van der Waals surface area (Å²) in [5.41, 5.74) is 1.83. The predicted octanol–water partition coefficient (Wildman–Crippen LogP) is 3.90. The Bertz CT molecular complexity index is 766. The van der Waals surface area contributed by atoms with Crippen molar-refractivity contribution < 1.29 is 13.9 Å². The molecule has 0 unspecified atom stereocenters. The third-order valence-electron chi connectivity index (χ3n) is 4.38. The molecule has 2 aliphatic heterocycles. The molecule has 3 heterocycles. The third-order valence-corrected chi connectivity index (χ3v) is 4.87. The zero-order valence-corrected chi connectivity index (χ0v) is 14.6. The maximum absolute atomic E-state index is 12.9. The summed E-state index contributed by atoms with van der Waals surface area (Å²) >= 11 is 3.50. The Morgan fingerprint density at radius 1 is 1.29 bits per heavy atom. The summed E-state index contributed by atoms with van der Waals surface area (Å²) in [6.45, 7) is 0.639. The molecule has 5 nitrogen and oxygen atoms in total. The van der Waals surface area contributed by atoms with Crippen LogP contribution in [-0.2, 0) is 9.53 Å². The summed E-state index contributed by atoms with van der Waals surface area (Å²) in [4.78, 5) is 12.9. The summed E-state index contributed by atoms with van der Waals surface area (Å²) in [6, 6.07) is 11.6. The normalized spacial score (nSPS) is 23.5. The van der Waals surface area contributed by atoms with E-state index in [1.807, 2.05) is 36.4 Å². The molecule has 0 bridgehead atoms. The van der Waals surface area contributed by atoms with Gasteiger partial charge in [-0.2, -0.15) is 5.10 Å². The van der Waals surface area contributed by atoms with Crippen LogP contribution in [0, 0.1) is 0 Å². The number of benzene rings is 1. The van der Waals surface area contributed by atoms with Gasteiger partial charge in [-0.25, -0.2) is 5.01 Å². The molecule has 1 saturated heterocycles. The fourth-order valence-electron chi connectivity index (χ4n) is 3.20. The largest absolute Gasteiger partial charge is 0.463 e. The number of carbonyl (C=O) groups is 1. The monoisotopic (exact) mass is 388 g/mol. The lowest BCUT2D eigenvalue weighted by molar-refractivity contribution is -0.142. The molecule has 0 spiro atoms. The Kier molecular flexibility index (Phi) is 4.24. The third kappa shape index (κ3) is 2.91. The number of hydrogen-bond donors (Lipinski definition) is 0. The minimum atomic E-state index is -0.389. The van der Waals surface area contributed by atoms with E-state index in [1.54, 1.807) is 11.3 Å². The van der Waals surface area contributed by atoms with E-state index in [-0.39, 0.29) is 18.1 Å². The van der Waals surface area contributed by atoms with Crippen molar-refractivity contribution in [3.05, 3.63) is 58.5 Å². The molecule has 0 aliphatic carbocycles. The zero-order chi connectivity index (χ0) is 16.5. The second-order valence-corrected chi connectivity index (χ2v) is 6.90. The van der Waals surface area contributed by atoms with Gasteiger partial charge in [0, 0.05) is 17.5 Å². The smallest absolute Gasteiger partial charge is 0.272 e. The van der Waals surface area contributed by atoms with Crippen molar-refractivity contribution in [2.24, 2.45) is 5.10 Å². The summed E-state index contributed by atoms with van der Waals surface area (Å²) < 4.78 is 12.0. The van der Waals surface area contributed by atoms with Gasteiger partial charge in [-0.05, 0) is 42.7 Å². The van der Waals surface area contributed by atoms with Crippen LogP contribution in [-0.4, -0.2) is 29.3 Å². The van der Waals surface area contributed by atoms with Gasteiger partial charge in [-0.15, -0.1) is 0 Å². The van der Waals surface area contributed by atoms with Crippen molar-refractivity contribution in [2.45, 2.75) is 31.4 Å². The van der Waals surface area contributed by atoms with Crippen molar-refractivity contribution >= 4 is 27.5 Å². The molecule has 2 aromatic rings. The Balaban J connectivity index is 1.67. The molecular weight excluding hydrogens is 372 g/mol. The number of amides is 1. The lowest BCUT2D eigenvalue weighted by Crippen LogP contribution is -2.35. The van der Waals surface area contributed by atoms with E-state index in [2.05, 4.69) is 21.0 Å². The minimum absolute atomic E-state index is 0.0703. The molecule has 0 N–H and O–H groups in total. The van der Waals surface area contributed by atoms with Gasteiger partial charge in [0.25, 0.3) is 5.91 Å². The van der Waals surface area contributed by atoms with Gasteiger partial charge in [0.15, 0.2) is 0 Å². The molecule has 6 heteroatoms. The number of halogens is 1. The molecular formula is C18H17BrN2O3. The Labute approximate surface area is 148 Å². The van der Waals surface area contributed by atoms with Crippen molar-refractivity contribution in [1.29, 1.82) is 0 Å². The SMILES string of the molecule is O=C([C@H]1CCCO1)N1N=C(c2ccco2)C[C@H]1c1cccc(Br)c1. The predicted molar refractivity (Wildman–Crippen MR) is 92.6 cm³/mol. The number of rotatable bonds is 3. The molecule has 1 amide bonds. The Hall–Kier alpha value is -1.92. The van der Waals surface area contributed by atoms with Crippen LogP contribution in [0.15, 0.2) is 56.7 Å². The highest BCUT2D eigenvalue weighted by atomic mass is 79.9. The topological polar surface area (TPSA) is 55.0 Å². The first-order valence-corrected chi connectivity index (χ1v) is 8.83. The van der Waals surface area contributed by atoms with Crippen LogP contribution in [0.4, 0.5) is 0 Å². The van der Waals surface area contributed by atoms with Crippen molar-refractivity contribution in [2.75, 3.05) is 6.61 Å². The van der Waals surface area contributed by atoms with Gasteiger partial charge < -0.3 is 9.15 Å². The lowest BCUT2D eigenvalue weighted by atomic mass is 10.0. The maximum Gasteiger partial charge on any atom is 0.272 e. The fourth-order valence-corrected chi connectivity index (χ4v) is 3.62. The standard InChI is InChI=1S/C18H17BrN2O3/c19-13-5-1-4-12(10-13)15-11-14(16-6-2-8-23-16)20-21(15)18(22)17-7-3-9-24-17/h1-2,4-6,8,10,15,17H,3,7,9,11H2/t15-,17+/m0/s1. The Morgan fingerprint density at radius 2 is 2.21 bits per heavy atom. The Morgan fingerprint density at radius 3 is 2.92 bits per heavy atom. The number of furan rings is 1. The van der Waals surface area contributed by atoms with E-state index < -0.39 is 0 Å². The second kappa shape index (κ2) is 6.53. The van der Waals surface area contributed by atoms with Gasteiger partial charge in [0.1, 0.15) is 17.6 Å². The maximum atomic E-state index is 12.9. The average Bonchev–Trinajstić information content (AvgIpc) is 3.34. The molecule has 124 valence electrons. The first-order valence-electron chi connectivity index (χ1n) is 8.04. The van der Waals surface area contributed by atoms with Gasteiger partial charge in [-0.1, -0.05) is 28.1 Å². The number of carbonyl (C=O) groups excluding carboxylic acids is 1. The summed E-state index contributed by atoms with van der Waals surface area (Å²) in [7, 11) is 0. The molecule has 0 radical (unpaired) electrons. The molecule has 2 aliphatic rings. The van der Waals surface area contributed by atoms with E-state index in [0.717, 1.165) is 28.6 Å².